The van der Waals surface area contributed by atoms with Crippen molar-refractivity contribution in [1.29, 1.82) is 5.26 Å². The summed E-state index contributed by atoms with van der Waals surface area (Å²) in [4.78, 5) is 2.39. The van der Waals surface area contributed by atoms with E-state index in [1.807, 2.05) is 24.3 Å². The molecule has 0 spiro atoms. The maximum Gasteiger partial charge on any atom is 0.233 e. The van der Waals surface area contributed by atoms with Crippen LogP contribution in [0.15, 0.2) is 28.7 Å². The van der Waals surface area contributed by atoms with Crippen molar-refractivity contribution in [3.8, 4) is 6.07 Å². The Labute approximate surface area is 142 Å². The molecule has 0 N–H and O–H groups in total. The van der Waals surface area contributed by atoms with Crippen molar-refractivity contribution in [3.63, 3.8) is 0 Å². The lowest BCUT2D eigenvalue weighted by Crippen LogP contribution is -2.33. The van der Waals surface area contributed by atoms with Crippen LogP contribution in [0.4, 0.5) is 0 Å². The molecule has 1 aliphatic carbocycles. The van der Waals surface area contributed by atoms with Crippen LogP contribution in [0.25, 0.3) is 0 Å². The predicted octanol–water partition coefficient (Wildman–Crippen LogP) is 3.94. The van der Waals surface area contributed by atoms with E-state index in [-0.39, 0.29) is 6.04 Å². The molecule has 2 aromatic rings. The molecule has 1 aliphatic heterocycles. The molecule has 124 valence electrons. The Morgan fingerprint density at radius 1 is 1.08 bits per heavy atom. The molecule has 24 heavy (non-hydrogen) atoms. The quantitative estimate of drug-likeness (QED) is 0.853. The summed E-state index contributed by atoms with van der Waals surface area (Å²) in [7, 11) is 0. The topological polar surface area (TPSA) is 66.0 Å². The number of piperidine rings is 1. The van der Waals surface area contributed by atoms with Crippen molar-refractivity contribution < 1.29 is 4.42 Å². The van der Waals surface area contributed by atoms with Gasteiger partial charge >= 0.3 is 0 Å². The first kappa shape index (κ1) is 15.3. The van der Waals surface area contributed by atoms with Crippen LogP contribution in [0.5, 0.6) is 0 Å². The molecule has 1 aromatic carbocycles. The molecular weight excluding hydrogens is 300 g/mol. The zero-order valence-corrected chi connectivity index (χ0v) is 13.8. The van der Waals surface area contributed by atoms with Crippen LogP contribution < -0.4 is 0 Å². The summed E-state index contributed by atoms with van der Waals surface area (Å²) >= 11 is 0. The van der Waals surface area contributed by atoms with Gasteiger partial charge < -0.3 is 4.42 Å². The van der Waals surface area contributed by atoms with Crippen LogP contribution in [-0.4, -0.2) is 21.6 Å². The molecule has 2 fully saturated rings. The zero-order valence-electron chi connectivity index (χ0n) is 13.8. The summed E-state index contributed by atoms with van der Waals surface area (Å²) in [5.41, 5.74) is 1.83. The van der Waals surface area contributed by atoms with Crippen molar-refractivity contribution >= 4 is 0 Å². The highest BCUT2D eigenvalue weighted by Crippen LogP contribution is 2.38. The molecule has 1 aromatic heterocycles. The van der Waals surface area contributed by atoms with Crippen LogP contribution >= 0.6 is 0 Å². The minimum Gasteiger partial charge on any atom is -0.423 e. The van der Waals surface area contributed by atoms with Gasteiger partial charge in [0.15, 0.2) is 0 Å². The van der Waals surface area contributed by atoms with Gasteiger partial charge in [0.25, 0.3) is 0 Å². The van der Waals surface area contributed by atoms with Crippen molar-refractivity contribution in [2.45, 2.75) is 57.0 Å². The Balaban J connectivity index is 1.54. The van der Waals surface area contributed by atoms with E-state index in [1.54, 1.807) is 0 Å². The maximum atomic E-state index is 9.32. The van der Waals surface area contributed by atoms with Gasteiger partial charge in [0.2, 0.25) is 11.8 Å². The highest BCUT2D eigenvalue weighted by molar-refractivity contribution is 5.37. The van der Waals surface area contributed by atoms with E-state index in [2.05, 4.69) is 21.2 Å². The zero-order chi connectivity index (χ0) is 16.4. The number of likely N-dealkylation sites (tertiary alicyclic amines) is 1. The van der Waals surface area contributed by atoms with Gasteiger partial charge in [0, 0.05) is 12.5 Å². The van der Waals surface area contributed by atoms with E-state index in [0.717, 1.165) is 42.4 Å². The van der Waals surface area contributed by atoms with Gasteiger partial charge in [-0.05, 0) is 43.9 Å². The highest BCUT2D eigenvalue weighted by atomic mass is 16.4. The fraction of sp³-hybridized carbons (Fsp3) is 0.526. The minimum atomic E-state index is 0.173. The summed E-state index contributed by atoms with van der Waals surface area (Å²) in [5, 5.41) is 18.0. The first-order valence-corrected chi connectivity index (χ1v) is 8.90. The number of hydrogen-bond donors (Lipinski definition) is 0. The van der Waals surface area contributed by atoms with Crippen LogP contribution in [0.1, 0.15) is 73.4 Å². The van der Waals surface area contributed by atoms with Crippen molar-refractivity contribution in [2.24, 2.45) is 0 Å². The molecule has 0 bridgehead atoms. The smallest absolute Gasteiger partial charge is 0.233 e. The second-order valence-corrected chi connectivity index (χ2v) is 6.86. The molecule has 1 unspecified atom stereocenters. The van der Waals surface area contributed by atoms with Gasteiger partial charge in [0.05, 0.1) is 17.7 Å². The summed E-state index contributed by atoms with van der Waals surface area (Å²) in [6, 6.07) is 10.3. The van der Waals surface area contributed by atoms with Crippen molar-refractivity contribution in [1.82, 2.24) is 15.1 Å². The van der Waals surface area contributed by atoms with Gasteiger partial charge in [-0.3, -0.25) is 4.90 Å². The van der Waals surface area contributed by atoms with E-state index in [1.165, 1.54) is 32.1 Å². The first-order valence-electron chi connectivity index (χ1n) is 8.90. The molecule has 0 amide bonds. The van der Waals surface area contributed by atoms with E-state index in [9.17, 15) is 5.26 Å². The third-order valence-corrected chi connectivity index (χ3v) is 5.32. The Morgan fingerprint density at radius 3 is 2.71 bits per heavy atom. The Kier molecular flexibility index (Phi) is 4.31. The fourth-order valence-corrected chi connectivity index (χ4v) is 3.65. The molecule has 1 saturated carbocycles. The third kappa shape index (κ3) is 2.94. The summed E-state index contributed by atoms with van der Waals surface area (Å²) in [6.45, 7) is 1.76. The molecule has 0 radical (unpaired) electrons. The van der Waals surface area contributed by atoms with Gasteiger partial charge in [-0.1, -0.05) is 31.0 Å². The maximum absolute atomic E-state index is 9.32. The molecule has 5 heteroatoms. The van der Waals surface area contributed by atoms with E-state index in [4.69, 9.17) is 4.42 Å². The number of nitrogens with zero attached hydrogens (tertiary/aromatic N) is 4. The van der Waals surface area contributed by atoms with E-state index in [0.29, 0.717) is 5.92 Å². The second kappa shape index (κ2) is 6.74. The normalized spacial score (nSPS) is 22.0. The molecule has 2 heterocycles. The number of hydrogen-bond acceptors (Lipinski definition) is 5. The predicted molar refractivity (Wildman–Crippen MR) is 89.0 cm³/mol. The molecule has 5 nitrogen and oxygen atoms in total. The van der Waals surface area contributed by atoms with E-state index >= 15 is 0 Å². The Hall–Kier alpha value is -2.19. The van der Waals surface area contributed by atoms with E-state index < -0.39 is 0 Å². The Morgan fingerprint density at radius 2 is 1.92 bits per heavy atom. The lowest BCUT2D eigenvalue weighted by molar-refractivity contribution is 0.115. The van der Waals surface area contributed by atoms with Crippen molar-refractivity contribution in [2.75, 3.05) is 6.54 Å². The monoisotopic (exact) mass is 322 g/mol. The molecule has 1 saturated heterocycles. The van der Waals surface area contributed by atoms with Crippen LogP contribution in [0.2, 0.25) is 0 Å². The number of rotatable bonds is 4. The second-order valence-electron chi connectivity index (χ2n) is 6.86. The van der Waals surface area contributed by atoms with Crippen LogP contribution in [0.3, 0.4) is 0 Å². The van der Waals surface area contributed by atoms with Gasteiger partial charge in [-0.2, -0.15) is 5.26 Å². The summed E-state index contributed by atoms with van der Waals surface area (Å²) < 4.78 is 6.02. The third-order valence-electron chi connectivity index (χ3n) is 5.32. The lowest BCUT2D eigenvalue weighted by atomic mass is 9.85. The SMILES string of the molecule is N#Cc1ccccc1CN1CCCCC1c1nnc(C2CCC2)o1. The number of benzene rings is 1. The first-order chi connectivity index (χ1) is 11.8. The minimum absolute atomic E-state index is 0.173. The number of aromatic nitrogens is 2. The highest BCUT2D eigenvalue weighted by Gasteiger charge is 2.31. The lowest BCUT2D eigenvalue weighted by Gasteiger charge is -2.33. The van der Waals surface area contributed by atoms with Crippen LogP contribution in [-0.2, 0) is 6.54 Å². The average Bonchev–Trinajstić information content (AvgIpc) is 3.03. The summed E-state index contributed by atoms with van der Waals surface area (Å²) in [6.07, 6.45) is 7.01. The standard InChI is InChI=1S/C19H22N4O/c20-12-15-6-1-2-7-16(15)13-23-11-4-3-10-17(23)19-22-21-18(24-19)14-8-5-9-14/h1-2,6-7,14,17H,3-5,8-11,13H2. The number of nitriles is 1. The van der Waals surface area contributed by atoms with Gasteiger partial charge in [-0.25, -0.2) is 0 Å². The summed E-state index contributed by atoms with van der Waals surface area (Å²) in [5.74, 6) is 2.05. The molecule has 1 atom stereocenters. The van der Waals surface area contributed by atoms with Crippen LogP contribution in [0, 0.1) is 11.3 Å². The average molecular weight is 322 g/mol. The molecular formula is C19H22N4O. The van der Waals surface area contributed by atoms with Gasteiger partial charge in [0.1, 0.15) is 0 Å². The van der Waals surface area contributed by atoms with Gasteiger partial charge in [-0.15, -0.1) is 10.2 Å². The molecule has 2 aliphatic rings. The fourth-order valence-electron chi connectivity index (χ4n) is 3.65. The molecule has 4 rings (SSSR count). The van der Waals surface area contributed by atoms with Crippen molar-refractivity contribution in [3.05, 3.63) is 47.2 Å². The largest absolute Gasteiger partial charge is 0.423 e. The Bertz CT molecular complexity index is 744.